The van der Waals surface area contributed by atoms with Gasteiger partial charge in [-0.2, -0.15) is 5.10 Å². The van der Waals surface area contributed by atoms with Crippen molar-refractivity contribution in [2.24, 2.45) is 0 Å². The van der Waals surface area contributed by atoms with Gasteiger partial charge in [0.2, 0.25) is 5.91 Å². The Labute approximate surface area is 104 Å². The molecule has 1 rings (SSSR count). The van der Waals surface area contributed by atoms with E-state index in [-0.39, 0.29) is 11.9 Å². The largest absolute Gasteiger partial charge is 0.354 e. The highest BCUT2D eigenvalue weighted by Gasteiger charge is 2.14. The molecule has 1 aromatic rings. The summed E-state index contributed by atoms with van der Waals surface area (Å²) in [6.07, 6.45) is 5.73. The molecule has 1 unspecified atom stereocenters. The summed E-state index contributed by atoms with van der Waals surface area (Å²) in [6.45, 7) is 4.70. The van der Waals surface area contributed by atoms with Crippen LogP contribution in [0.3, 0.4) is 0 Å². The predicted molar refractivity (Wildman–Crippen MR) is 67.6 cm³/mol. The maximum absolute atomic E-state index is 11.7. The van der Waals surface area contributed by atoms with Crippen LogP contribution >= 0.6 is 22.6 Å². The van der Waals surface area contributed by atoms with Gasteiger partial charge in [-0.1, -0.05) is 13.3 Å². The van der Waals surface area contributed by atoms with Crippen LogP contribution in [-0.4, -0.2) is 22.2 Å². The number of unbranched alkanes of at least 4 members (excludes halogenated alkanes) is 1. The summed E-state index contributed by atoms with van der Waals surface area (Å²) in [6, 6.07) is -0.231. The average molecular weight is 321 g/mol. The Bertz CT molecular complexity index is 324. The molecule has 0 saturated carbocycles. The molecule has 1 N–H and O–H groups in total. The van der Waals surface area contributed by atoms with E-state index in [9.17, 15) is 4.79 Å². The first-order chi connectivity index (χ1) is 7.15. The maximum Gasteiger partial charge on any atom is 0.244 e. The Balaban J connectivity index is 2.46. The summed E-state index contributed by atoms with van der Waals surface area (Å²) < 4.78 is 2.73. The van der Waals surface area contributed by atoms with Crippen molar-refractivity contribution in [3.05, 3.63) is 16.0 Å². The van der Waals surface area contributed by atoms with E-state index in [1.807, 2.05) is 13.1 Å². The van der Waals surface area contributed by atoms with Crippen molar-refractivity contribution in [2.75, 3.05) is 6.54 Å². The van der Waals surface area contributed by atoms with Gasteiger partial charge >= 0.3 is 0 Å². The standard InChI is InChI=1S/C10H16IN3O/c1-3-4-5-12-10(15)8(2)14-7-9(11)6-13-14/h6-8H,3-5H2,1-2H3,(H,12,15). The number of carbonyl (C=O) groups is 1. The average Bonchev–Trinajstić information content (AvgIpc) is 2.64. The number of hydrogen-bond donors (Lipinski definition) is 1. The quantitative estimate of drug-likeness (QED) is 0.666. The summed E-state index contributed by atoms with van der Waals surface area (Å²) in [5.41, 5.74) is 0. The normalized spacial score (nSPS) is 12.5. The fourth-order valence-corrected chi connectivity index (χ4v) is 1.59. The molecule has 0 bridgehead atoms. The third kappa shape index (κ3) is 3.81. The van der Waals surface area contributed by atoms with Gasteiger partial charge in [0.15, 0.2) is 0 Å². The zero-order valence-electron chi connectivity index (χ0n) is 9.03. The highest BCUT2D eigenvalue weighted by Crippen LogP contribution is 2.08. The van der Waals surface area contributed by atoms with Crippen molar-refractivity contribution >= 4 is 28.5 Å². The van der Waals surface area contributed by atoms with Crippen LogP contribution in [0.25, 0.3) is 0 Å². The monoisotopic (exact) mass is 321 g/mol. The lowest BCUT2D eigenvalue weighted by atomic mass is 10.3. The molecule has 84 valence electrons. The molecule has 1 amide bonds. The minimum Gasteiger partial charge on any atom is -0.354 e. The van der Waals surface area contributed by atoms with Gasteiger partial charge in [-0.05, 0) is 35.9 Å². The molecule has 15 heavy (non-hydrogen) atoms. The van der Waals surface area contributed by atoms with Crippen LogP contribution in [0.15, 0.2) is 12.4 Å². The smallest absolute Gasteiger partial charge is 0.244 e. The summed E-state index contributed by atoms with van der Waals surface area (Å²) in [5.74, 6) is 0.0305. The van der Waals surface area contributed by atoms with Crippen LogP contribution in [0.4, 0.5) is 0 Å². The van der Waals surface area contributed by atoms with E-state index in [0.29, 0.717) is 0 Å². The van der Waals surface area contributed by atoms with Crippen LogP contribution in [0.1, 0.15) is 32.7 Å². The van der Waals surface area contributed by atoms with E-state index in [1.54, 1.807) is 10.9 Å². The first-order valence-electron chi connectivity index (χ1n) is 5.12. The van der Waals surface area contributed by atoms with E-state index in [1.165, 1.54) is 0 Å². The van der Waals surface area contributed by atoms with Crippen LogP contribution in [0, 0.1) is 3.57 Å². The lowest BCUT2D eigenvalue weighted by Gasteiger charge is -2.12. The summed E-state index contributed by atoms with van der Waals surface area (Å²) in [7, 11) is 0. The zero-order valence-corrected chi connectivity index (χ0v) is 11.2. The van der Waals surface area contributed by atoms with Crippen molar-refractivity contribution < 1.29 is 4.79 Å². The first-order valence-corrected chi connectivity index (χ1v) is 6.20. The predicted octanol–water partition coefficient (Wildman–Crippen LogP) is 1.96. The Kier molecular flexibility index (Phi) is 5.07. The molecule has 0 saturated heterocycles. The lowest BCUT2D eigenvalue weighted by Crippen LogP contribution is -2.31. The fraction of sp³-hybridized carbons (Fsp3) is 0.600. The molecule has 0 radical (unpaired) electrons. The van der Waals surface area contributed by atoms with Crippen LogP contribution in [-0.2, 0) is 4.79 Å². The SMILES string of the molecule is CCCCNC(=O)C(C)n1cc(I)cn1. The molecule has 0 spiro atoms. The van der Waals surface area contributed by atoms with Crippen molar-refractivity contribution in [2.45, 2.75) is 32.7 Å². The third-order valence-corrected chi connectivity index (χ3v) is 2.73. The van der Waals surface area contributed by atoms with Crippen molar-refractivity contribution in [1.82, 2.24) is 15.1 Å². The molecule has 0 aliphatic rings. The molecule has 0 aliphatic carbocycles. The summed E-state index contributed by atoms with van der Waals surface area (Å²) in [5, 5.41) is 7.00. The molecule has 0 fully saturated rings. The molecule has 0 aliphatic heterocycles. The van der Waals surface area contributed by atoms with Crippen molar-refractivity contribution in [3.63, 3.8) is 0 Å². The zero-order chi connectivity index (χ0) is 11.3. The van der Waals surface area contributed by atoms with E-state index in [4.69, 9.17) is 0 Å². The summed E-state index contributed by atoms with van der Waals surface area (Å²) in [4.78, 5) is 11.7. The van der Waals surface area contributed by atoms with Gasteiger partial charge in [-0.3, -0.25) is 9.48 Å². The fourth-order valence-electron chi connectivity index (χ4n) is 1.18. The first kappa shape index (κ1) is 12.5. The molecular weight excluding hydrogens is 305 g/mol. The molecule has 1 atom stereocenters. The van der Waals surface area contributed by atoms with E-state index in [0.717, 1.165) is 23.0 Å². The number of halogens is 1. The molecule has 0 aromatic carbocycles. The van der Waals surface area contributed by atoms with Crippen LogP contribution in [0.2, 0.25) is 0 Å². The van der Waals surface area contributed by atoms with Gasteiger partial charge in [-0.15, -0.1) is 0 Å². The van der Waals surface area contributed by atoms with E-state index in [2.05, 4.69) is 39.9 Å². The molecular formula is C10H16IN3O. The Morgan fingerprint density at radius 3 is 3.00 bits per heavy atom. The molecule has 1 heterocycles. The number of rotatable bonds is 5. The van der Waals surface area contributed by atoms with Gasteiger partial charge in [0.05, 0.1) is 9.77 Å². The summed E-state index contributed by atoms with van der Waals surface area (Å²) >= 11 is 2.18. The highest BCUT2D eigenvalue weighted by molar-refractivity contribution is 14.1. The van der Waals surface area contributed by atoms with Crippen molar-refractivity contribution in [1.29, 1.82) is 0 Å². The van der Waals surface area contributed by atoms with Crippen molar-refractivity contribution in [3.8, 4) is 0 Å². The number of carbonyl (C=O) groups excluding carboxylic acids is 1. The van der Waals surface area contributed by atoms with Gasteiger partial charge < -0.3 is 5.32 Å². The van der Waals surface area contributed by atoms with Gasteiger partial charge in [0.1, 0.15) is 6.04 Å². The minimum atomic E-state index is -0.231. The van der Waals surface area contributed by atoms with Crippen LogP contribution in [0.5, 0.6) is 0 Å². The molecule has 1 aromatic heterocycles. The molecule has 4 nitrogen and oxygen atoms in total. The second-order valence-electron chi connectivity index (χ2n) is 3.46. The highest BCUT2D eigenvalue weighted by atomic mass is 127. The third-order valence-electron chi connectivity index (χ3n) is 2.18. The lowest BCUT2D eigenvalue weighted by molar-refractivity contribution is -0.124. The maximum atomic E-state index is 11.7. The number of aromatic nitrogens is 2. The number of hydrogen-bond acceptors (Lipinski definition) is 2. The second-order valence-corrected chi connectivity index (χ2v) is 4.70. The Morgan fingerprint density at radius 1 is 1.73 bits per heavy atom. The van der Waals surface area contributed by atoms with Gasteiger partial charge in [0.25, 0.3) is 0 Å². The number of amides is 1. The number of nitrogens with zero attached hydrogens (tertiary/aromatic N) is 2. The Hall–Kier alpha value is -0.590. The van der Waals surface area contributed by atoms with Gasteiger partial charge in [-0.25, -0.2) is 0 Å². The topological polar surface area (TPSA) is 46.9 Å². The minimum absolute atomic E-state index is 0.0305. The Morgan fingerprint density at radius 2 is 2.47 bits per heavy atom. The second kappa shape index (κ2) is 6.09. The van der Waals surface area contributed by atoms with E-state index >= 15 is 0 Å². The van der Waals surface area contributed by atoms with Gasteiger partial charge in [0, 0.05) is 12.7 Å². The van der Waals surface area contributed by atoms with Crippen LogP contribution < -0.4 is 5.32 Å². The van der Waals surface area contributed by atoms with E-state index < -0.39 is 0 Å². The molecule has 5 heteroatoms. The number of nitrogens with one attached hydrogen (secondary N) is 1.